The number of carbonyl (C=O) groups is 3. The summed E-state index contributed by atoms with van der Waals surface area (Å²) in [5, 5.41) is 4.31. The molecule has 24 heavy (non-hydrogen) atoms. The van der Waals surface area contributed by atoms with Crippen LogP contribution in [0.5, 0.6) is 0 Å². The van der Waals surface area contributed by atoms with Crippen molar-refractivity contribution >= 4 is 23.7 Å². The minimum absolute atomic E-state index is 0.124. The highest BCUT2D eigenvalue weighted by molar-refractivity contribution is 5.99. The Morgan fingerprint density at radius 2 is 1.79 bits per heavy atom. The standard InChI is InChI=1S/C15H15N5O4/c1-17-15(23)20-13(21)11(9-5-3-2-4-6-9)24-14(22)10-12(16)19-8-7-18-10/h2-8,11H,1H3,(H2,16,19)(H2,17,20,21,23). The van der Waals surface area contributed by atoms with E-state index in [2.05, 4.69) is 20.6 Å². The summed E-state index contributed by atoms with van der Waals surface area (Å²) in [7, 11) is 1.35. The van der Waals surface area contributed by atoms with Gasteiger partial charge in [-0.1, -0.05) is 30.3 Å². The smallest absolute Gasteiger partial charge is 0.361 e. The first kappa shape index (κ1) is 16.9. The van der Waals surface area contributed by atoms with Crippen molar-refractivity contribution in [2.45, 2.75) is 6.10 Å². The molecule has 0 aliphatic rings. The SMILES string of the molecule is CNC(=O)NC(=O)C(OC(=O)c1nccnc1N)c1ccccc1. The van der Waals surface area contributed by atoms with Gasteiger partial charge in [-0.25, -0.2) is 19.6 Å². The third-order valence-corrected chi connectivity index (χ3v) is 2.95. The largest absolute Gasteiger partial charge is 0.442 e. The highest BCUT2D eigenvalue weighted by Gasteiger charge is 2.28. The van der Waals surface area contributed by atoms with E-state index in [1.165, 1.54) is 19.4 Å². The molecule has 1 heterocycles. The van der Waals surface area contributed by atoms with Gasteiger partial charge in [0.05, 0.1) is 0 Å². The van der Waals surface area contributed by atoms with Crippen LogP contribution in [0.1, 0.15) is 22.2 Å². The number of nitrogen functional groups attached to an aromatic ring is 1. The van der Waals surface area contributed by atoms with Gasteiger partial charge in [-0.05, 0) is 0 Å². The number of urea groups is 1. The van der Waals surface area contributed by atoms with Crippen LogP contribution in [-0.2, 0) is 9.53 Å². The number of benzene rings is 1. The van der Waals surface area contributed by atoms with E-state index in [1.54, 1.807) is 30.3 Å². The molecule has 124 valence electrons. The predicted octanol–water partition coefficient (Wildman–Crippen LogP) is 0.412. The number of anilines is 1. The number of nitrogens with two attached hydrogens (primary N) is 1. The maximum absolute atomic E-state index is 12.2. The summed E-state index contributed by atoms with van der Waals surface area (Å²) in [5.41, 5.74) is 5.74. The van der Waals surface area contributed by atoms with Crippen LogP contribution in [-0.4, -0.2) is 34.9 Å². The lowest BCUT2D eigenvalue weighted by Crippen LogP contribution is -2.41. The molecule has 1 aromatic carbocycles. The lowest BCUT2D eigenvalue weighted by Gasteiger charge is -2.17. The van der Waals surface area contributed by atoms with Crippen LogP contribution in [0.3, 0.4) is 0 Å². The van der Waals surface area contributed by atoms with Gasteiger partial charge in [0.2, 0.25) is 6.10 Å². The Bertz CT molecular complexity index is 751. The zero-order valence-corrected chi connectivity index (χ0v) is 12.7. The molecule has 0 saturated carbocycles. The molecule has 0 saturated heterocycles. The topological polar surface area (TPSA) is 136 Å². The van der Waals surface area contributed by atoms with Crippen molar-refractivity contribution in [3.8, 4) is 0 Å². The van der Waals surface area contributed by atoms with Gasteiger partial charge in [-0.2, -0.15) is 0 Å². The maximum atomic E-state index is 12.2. The van der Waals surface area contributed by atoms with Crippen LogP contribution in [0.2, 0.25) is 0 Å². The van der Waals surface area contributed by atoms with Gasteiger partial charge in [0.25, 0.3) is 5.91 Å². The Kier molecular flexibility index (Phi) is 5.40. The van der Waals surface area contributed by atoms with E-state index >= 15 is 0 Å². The first-order valence-electron chi connectivity index (χ1n) is 6.88. The second-order valence-corrected chi connectivity index (χ2v) is 4.55. The molecular weight excluding hydrogens is 314 g/mol. The molecule has 0 spiro atoms. The maximum Gasteiger partial charge on any atom is 0.361 e. The van der Waals surface area contributed by atoms with Crippen LogP contribution in [0.4, 0.5) is 10.6 Å². The summed E-state index contributed by atoms with van der Waals surface area (Å²) in [4.78, 5) is 43.3. The number of imide groups is 1. The fraction of sp³-hybridized carbons (Fsp3) is 0.133. The Labute approximate surface area is 137 Å². The van der Waals surface area contributed by atoms with Crippen molar-refractivity contribution in [3.05, 3.63) is 54.0 Å². The van der Waals surface area contributed by atoms with E-state index in [0.29, 0.717) is 5.56 Å². The molecule has 2 aromatic rings. The second-order valence-electron chi connectivity index (χ2n) is 4.55. The van der Waals surface area contributed by atoms with E-state index < -0.39 is 24.0 Å². The number of ether oxygens (including phenoxy) is 1. The highest BCUT2D eigenvalue weighted by atomic mass is 16.5. The molecule has 0 aliphatic carbocycles. The summed E-state index contributed by atoms with van der Waals surface area (Å²) in [6, 6.07) is 7.51. The van der Waals surface area contributed by atoms with Crippen LogP contribution in [0.25, 0.3) is 0 Å². The summed E-state index contributed by atoms with van der Waals surface area (Å²) < 4.78 is 5.20. The lowest BCUT2D eigenvalue weighted by atomic mass is 10.1. The molecule has 1 aromatic heterocycles. The molecule has 0 radical (unpaired) electrons. The molecule has 0 aliphatic heterocycles. The van der Waals surface area contributed by atoms with Crippen LogP contribution >= 0.6 is 0 Å². The number of amides is 3. The summed E-state index contributed by atoms with van der Waals surface area (Å²) in [5.74, 6) is -1.86. The molecular formula is C15H15N5O4. The van der Waals surface area contributed by atoms with Crippen molar-refractivity contribution in [2.24, 2.45) is 0 Å². The Morgan fingerprint density at radius 1 is 1.12 bits per heavy atom. The average molecular weight is 329 g/mol. The molecule has 0 bridgehead atoms. The number of hydrogen-bond acceptors (Lipinski definition) is 7. The molecule has 1 atom stereocenters. The zero-order valence-electron chi connectivity index (χ0n) is 12.7. The highest BCUT2D eigenvalue weighted by Crippen LogP contribution is 2.20. The molecule has 4 N–H and O–H groups in total. The zero-order chi connectivity index (χ0) is 17.5. The molecule has 1 unspecified atom stereocenters. The van der Waals surface area contributed by atoms with Crippen molar-refractivity contribution in [1.82, 2.24) is 20.6 Å². The Balaban J connectivity index is 2.26. The van der Waals surface area contributed by atoms with Gasteiger partial charge in [0, 0.05) is 25.0 Å². The number of carbonyl (C=O) groups excluding carboxylic acids is 3. The second kappa shape index (κ2) is 7.68. The minimum Gasteiger partial charge on any atom is -0.442 e. The lowest BCUT2D eigenvalue weighted by molar-refractivity contribution is -0.129. The third kappa shape index (κ3) is 4.03. The summed E-state index contributed by atoms with van der Waals surface area (Å²) in [6.07, 6.45) is 1.24. The molecule has 3 amide bonds. The van der Waals surface area contributed by atoms with Gasteiger partial charge in [-0.15, -0.1) is 0 Å². The number of rotatable bonds is 4. The van der Waals surface area contributed by atoms with E-state index in [4.69, 9.17) is 10.5 Å². The van der Waals surface area contributed by atoms with Crippen molar-refractivity contribution in [2.75, 3.05) is 12.8 Å². The quantitative estimate of drug-likeness (QED) is 0.691. The van der Waals surface area contributed by atoms with Gasteiger partial charge >= 0.3 is 12.0 Å². The van der Waals surface area contributed by atoms with Crippen LogP contribution < -0.4 is 16.4 Å². The number of esters is 1. The normalized spacial score (nSPS) is 11.2. The number of hydrogen-bond donors (Lipinski definition) is 3. The number of nitrogens with zero attached hydrogens (tertiary/aromatic N) is 2. The Morgan fingerprint density at radius 3 is 2.42 bits per heavy atom. The first-order valence-corrected chi connectivity index (χ1v) is 6.88. The van der Waals surface area contributed by atoms with Gasteiger partial charge in [0.1, 0.15) is 0 Å². The molecule has 0 fully saturated rings. The number of aromatic nitrogens is 2. The van der Waals surface area contributed by atoms with Crippen LogP contribution in [0, 0.1) is 0 Å². The Hall–Kier alpha value is -3.49. The van der Waals surface area contributed by atoms with Gasteiger partial charge in [-0.3, -0.25) is 10.1 Å². The first-order chi connectivity index (χ1) is 11.5. The van der Waals surface area contributed by atoms with Crippen LogP contribution in [0.15, 0.2) is 42.7 Å². The molecule has 2 rings (SSSR count). The fourth-order valence-electron chi connectivity index (χ4n) is 1.81. The molecule has 9 heteroatoms. The van der Waals surface area contributed by atoms with Crippen molar-refractivity contribution < 1.29 is 19.1 Å². The average Bonchev–Trinajstić information content (AvgIpc) is 2.60. The van der Waals surface area contributed by atoms with Gasteiger partial charge in [0.15, 0.2) is 11.5 Å². The van der Waals surface area contributed by atoms with E-state index in [0.717, 1.165) is 0 Å². The van der Waals surface area contributed by atoms with E-state index in [1.807, 2.05) is 0 Å². The monoisotopic (exact) mass is 329 g/mol. The van der Waals surface area contributed by atoms with Gasteiger partial charge < -0.3 is 15.8 Å². The predicted molar refractivity (Wildman–Crippen MR) is 83.6 cm³/mol. The van der Waals surface area contributed by atoms with E-state index in [9.17, 15) is 14.4 Å². The number of nitrogens with one attached hydrogen (secondary N) is 2. The van der Waals surface area contributed by atoms with Crippen molar-refractivity contribution in [3.63, 3.8) is 0 Å². The minimum atomic E-state index is -1.35. The third-order valence-electron chi connectivity index (χ3n) is 2.95. The molecule has 9 nitrogen and oxygen atoms in total. The van der Waals surface area contributed by atoms with E-state index in [-0.39, 0.29) is 11.5 Å². The summed E-state index contributed by atoms with van der Waals surface area (Å²) >= 11 is 0. The fourth-order valence-corrected chi connectivity index (χ4v) is 1.81. The van der Waals surface area contributed by atoms with Crippen molar-refractivity contribution in [1.29, 1.82) is 0 Å². The summed E-state index contributed by atoms with van der Waals surface area (Å²) in [6.45, 7) is 0.